The van der Waals surface area contributed by atoms with Crippen molar-refractivity contribution >= 4 is 0 Å². The Labute approximate surface area is 147 Å². The lowest BCUT2D eigenvalue weighted by molar-refractivity contribution is -0.125. The van der Waals surface area contributed by atoms with Crippen molar-refractivity contribution in [3.8, 4) is 12.3 Å². The standard InChI is InChI=1S/C22H34O2/c1-5-22(23)13-19-17-7-6-15-12-16(24-4)8-11-21(15,3)18(17)9-10-20(19,2)14-22/h1,15-19,23H,6-14H2,2-4H3/t15?,16?,17-,18+,19+,20-,21+,22?/m1/s1. The topological polar surface area (TPSA) is 29.5 Å². The first kappa shape index (κ1) is 16.9. The minimum atomic E-state index is -0.847. The zero-order valence-corrected chi connectivity index (χ0v) is 15.7. The summed E-state index contributed by atoms with van der Waals surface area (Å²) in [7, 11) is 1.88. The maximum absolute atomic E-state index is 10.8. The Hall–Kier alpha value is -0.520. The molecule has 0 aromatic rings. The van der Waals surface area contributed by atoms with E-state index < -0.39 is 5.60 Å². The molecule has 2 nitrogen and oxygen atoms in total. The van der Waals surface area contributed by atoms with Crippen molar-refractivity contribution in [2.24, 2.45) is 34.5 Å². The molecule has 2 heteroatoms. The van der Waals surface area contributed by atoms with E-state index in [1.807, 2.05) is 7.11 Å². The lowest BCUT2D eigenvalue weighted by atomic mass is 9.45. The largest absolute Gasteiger partial charge is 0.381 e. The van der Waals surface area contributed by atoms with Gasteiger partial charge in [-0.3, -0.25) is 0 Å². The van der Waals surface area contributed by atoms with Gasteiger partial charge in [0.2, 0.25) is 0 Å². The maximum atomic E-state index is 10.8. The van der Waals surface area contributed by atoms with Crippen molar-refractivity contribution < 1.29 is 9.84 Å². The van der Waals surface area contributed by atoms with Gasteiger partial charge < -0.3 is 9.84 Å². The first-order chi connectivity index (χ1) is 11.3. The molecule has 3 unspecified atom stereocenters. The number of aliphatic hydroxyl groups is 1. The molecule has 4 aliphatic carbocycles. The first-order valence-corrected chi connectivity index (χ1v) is 10.1. The van der Waals surface area contributed by atoms with Gasteiger partial charge in [-0.05, 0) is 92.3 Å². The zero-order chi connectivity index (χ0) is 17.2. The lowest BCUT2D eigenvalue weighted by Gasteiger charge is -2.60. The van der Waals surface area contributed by atoms with E-state index in [1.54, 1.807) is 0 Å². The third-order valence-corrected chi connectivity index (χ3v) is 8.99. The van der Waals surface area contributed by atoms with Gasteiger partial charge in [-0.25, -0.2) is 0 Å². The minimum absolute atomic E-state index is 0.259. The van der Waals surface area contributed by atoms with Crippen LogP contribution >= 0.6 is 0 Å². The normalized spacial score (nSPS) is 56.7. The van der Waals surface area contributed by atoms with Crippen LogP contribution in [0.4, 0.5) is 0 Å². The summed E-state index contributed by atoms with van der Waals surface area (Å²) in [5, 5.41) is 10.8. The van der Waals surface area contributed by atoms with Crippen molar-refractivity contribution in [2.75, 3.05) is 7.11 Å². The Balaban J connectivity index is 1.60. The highest BCUT2D eigenvalue weighted by Crippen LogP contribution is 2.67. The van der Waals surface area contributed by atoms with Gasteiger partial charge in [0.15, 0.2) is 0 Å². The second kappa shape index (κ2) is 5.49. The summed E-state index contributed by atoms with van der Waals surface area (Å²) in [6.45, 7) is 4.98. The first-order valence-electron chi connectivity index (χ1n) is 10.1. The molecule has 24 heavy (non-hydrogen) atoms. The molecular formula is C22H34O2. The van der Waals surface area contributed by atoms with Crippen molar-refractivity contribution in [3.63, 3.8) is 0 Å². The predicted molar refractivity (Wildman–Crippen MR) is 96.3 cm³/mol. The highest BCUT2D eigenvalue weighted by Gasteiger charge is 2.61. The number of terminal acetylenes is 1. The van der Waals surface area contributed by atoms with Crippen LogP contribution in [0, 0.1) is 46.8 Å². The zero-order valence-electron chi connectivity index (χ0n) is 15.7. The Morgan fingerprint density at radius 3 is 2.58 bits per heavy atom. The highest BCUT2D eigenvalue weighted by atomic mass is 16.5. The quantitative estimate of drug-likeness (QED) is 0.722. The summed E-state index contributed by atoms with van der Waals surface area (Å²) in [5.74, 6) is 5.78. The second-order valence-electron chi connectivity index (χ2n) is 10.0. The molecule has 4 saturated carbocycles. The number of ether oxygens (including phenoxy) is 1. The molecule has 0 bridgehead atoms. The Kier molecular flexibility index (Phi) is 3.87. The van der Waals surface area contributed by atoms with Crippen LogP contribution in [0.5, 0.6) is 0 Å². The van der Waals surface area contributed by atoms with Gasteiger partial charge in [0.05, 0.1) is 6.10 Å². The monoisotopic (exact) mass is 330 g/mol. The number of hydrogen-bond acceptors (Lipinski definition) is 2. The molecular weight excluding hydrogens is 296 g/mol. The summed E-state index contributed by atoms with van der Waals surface area (Å²) < 4.78 is 5.69. The molecule has 0 spiro atoms. The SMILES string of the molecule is C#CC1(O)C[C@H]2[C@@H]3CCC4CC(OC)CC[C@]4(C)[C@H]3CC[C@]2(C)C1. The van der Waals surface area contributed by atoms with Crippen LogP contribution in [-0.4, -0.2) is 23.9 Å². The maximum Gasteiger partial charge on any atom is 0.126 e. The van der Waals surface area contributed by atoms with Crippen LogP contribution in [-0.2, 0) is 4.74 Å². The Morgan fingerprint density at radius 2 is 1.88 bits per heavy atom. The predicted octanol–water partition coefficient (Wildman–Crippen LogP) is 4.41. The van der Waals surface area contributed by atoms with Crippen LogP contribution in [0.1, 0.15) is 71.6 Å². The molecule has 0 aromatic carbocycles. The van der Waals surface area contributed by atoms with Gasteiger partial charge in [0.25, 0.3) is 0 Å². The van der Waals surface area contributed by atoms with Crippen LogP contribution < -0.4 is 0 Å². The van der Waals surface area contributed by atoms with E-state index in [0.29, 0.717) is 17.4 Å². The minimum Gasteiger partial charge on any atom is -0.381 e. The van der Waals surface area contributed by atoms with Crippen molar-refractivity contribution in [1.29, 1.82) is 0 Å². The summed E-state index contributed by atoms with van der Waals surface area (Å²) >= 11 is 0. The molecule has 0 amide bonds. The van der Waals surface area contributed by atoms with Crippen LogP contribution in [0.2, 0.25) is 0 Å². The molecule has 0 aromatic heterocycles. The molecule has 4 rings (SSSR count). The van der Waals surface area contributed by atoms with E-state index >= 15 is 0 Å². The van der Waals surface area contributed by atoms with Gasteiger partial charge in [-0.1, -0.05) is 19.8 Å². The van der Waals surface area contributed by atoms with Crippen molar-refractivity contribution in [3.05, 3.63) is 0 Å². The fourth-order valence-electron chi connectivity index (χ4n) is 7.66. The molecule has 4 fully saturated rings. The van der Waals surface area contributed by atoms with Gasteiger partial charge in [-0.15, -0.1) is 6.42 Å². The van der Waals surface area contributed by atoms with Gasteiger partial charge in [-0.2, -0.15) is 0 Å². The summed E-state index contributed by atoms with van der Waals surface area (Å²) in [6, 6.07) is 0. The third-order valence-electron chi connectivity index (χ3n) is 8.99. The Bertz CT molecular complexity index is 551. The van der Waals surface area contributed by atoms with Crippen LogP contribution in [0.15, 0.2) is 0 Å². The van der Waals surface area contributed by atoms with Crippen molar-refractivity contribution in [2.45, 2.75) is 83.3 Å². The van der Waals surface area contributed by atoms with E-state index in [-0.39, 0.29) is 5.41 Å². The van der Waals surface area contributed by atoms with Crippen LogP contribution in [0.3, 0.4) is 0 Å². The smallest absolute Gasteiger partial charge is 0.126 e. The number of hydrogen-bond donors (Lipinski definition) is 1. The van der Waals surface area contributed by atoms with Gasteiger partial charge in [0, 0.05) is 7.11 Å². The molecule has 4 aliphatic rings. The van der Waals surface area contributed by atoms with Crippen molar-refractivity contribution in [1.82, 2.24) is 0 Å². The van der Waals surface area contributed by atoms with E-state index in [2.05, 4.69) is 19.8 Å². The average Bonchev–Trinajstić information content (AvgIpc) is 2.85. The average molecular weight is 331 g/mol. The molecule has 8 atom stereocenters. The van der Waals surface area contributed by atoms with Gasteiger partial charge >= 0.3 is 0 Å². The summed E-state index contributed by atoms with van der Waals surface area (Å²) in [6.07, 6.45) is 16.9. The number of methoxy groups -OCH3 is 1. The summed E-state index contributed by atoms with van der Waals surface area (Å²) in [4.78, 5) is 0. The van der Waals surface area contributed by atoms with E-state index in [1.165, 1.54) is 44.9 Å². The molecule has 134 valence electrons. The fourth-order valence-corrected chi connectivity index (χ4v) is 7.66. The van der Waals surface area contributed by atoms with E-state index in [0.717, 1.165) is 30.6 Å². The van der Waals surface area contributed by atoms with Gasteiger partial charge in [0.1, 0.15) is 5.60 Å². The van der Waals surface area contributed by atoms with E-state index in [4.69, 9.17) is 11.2 Å². The lowest BCUT2D eigenvalue weighted by Crippen LogP contribution is -2.53. The molecule has 0 radical (unpaired) electrons. The second-order valence-corrected chi connectivity index (χ2v) is 10.0. The molecule has 0 aliphatic heterocycles. The number of fused-ring (bicyclic) bond motifs is 5. The van der Waals surface area contributed by atoms with Crippen LogP contribution in [0.25, 0.3) is 0 Å². The van der Waals surface area contributed by atoms with E-state index in [9.17, 15) is 5.11 Å². The Morgan fingerprint density at radius 1 is 1.08 bits per heavy atom. The third kappa shape index (κ3) is 2.31. The highest BCUT2D eigenvalue weighted by molar-refractivity contribution is 5.19. The fraction of sp³-hybridized carbons (Fsp3) is 0.909. The summed E-state index contributed by atoms with van der Waals surface area (Å²) in [5.41, 5.74) is -0.106. The molecule has 0 heterocycles. The molecule has 1 N–H and O–H groups in total. The number of rotatable bonds is 1. The molecule has 0 saturated heterocycles.